The van der Waals surface area contributed by atoms with Crippen molar-refractivity contribution in [2.24, 2.45) is 5.73 Å². The van der Waals surface area contributed by atoms with Gasteiger partial charge in [0.2, 0.25) is 5.91 Å². The van der Waals surface area contributed by atoms with Crippen LogP contribution in [0.1, 0.15) is 26.2 Å². The molecule has 0 spiro atoms. The molecule has 0 aliphatic carbocycles. The first-order chi connectivity index (χ1) is 4.69. The minimum Gasteiger partial charge on any atom is -0.355 e. The smallest absolute Gasteiger partial charge is 0.240 e. The van der Waals surface area contributed by atoms with Gasteiger partial charge < -0.3 is 11.1 Å². The molecule has 0 unspecified atom stereocenters. The van der Waals surface area contributed by atoms with Crippen LogP contribution in [0.4, 0.5) is 0 Å². The monoisotopic (exact) mass is 142 g/mol. The van der Waals surface area contributed by atoms with Gasteiger partial charge in [0.1, 0.15) is 0 Å². The summed E-state index contributed by atoms with van der Waals surface area (Å²) in [5.41, 5.74) is 5.22. The molecule has 1 heterocycles. The fourth-order valence-electron chi connectivity index (χ4n) is 1.23. The van der Waals surface area contributed by atoms with E-state index in [-0.39, 0.29) is 5.91 Å². The highest BCUT2D eigenvalue weighted by Gasteiger charge is 2.33. The average molecular weight is 142 g/mol. The summed E-state index contributed by atoms with van der Waals surface area (Å²) in [4.78, 5) is 11.1. The molecule has 0 aromatic carbocycles. The van der Waals surface area contributed by atoms with Crippen molar-refractivity contribution in [3.05, 3.63) is 0 Å². The van der Waals surface area contributed by atoms with Crippen LogP contribution >= 0.6 is 0 Å². The van der Waals surface area contributed by atoms with E-state index in [4.69, 9.17) is 5.73 Å². The van der Waals surface area contributed by atoms with Gasteiger partial charge in [-0.2, -0.15) is 0 Å². The first-order valence-corrected chi connectivity index (χ1v) is 3.76. The summed E-state index contributed by atoms with van der Waals surface area (Å²) in [6.07, 6.45) is 2.57. The Hall–Kier alpha value is -0.570. The summed E-state index contributed by atoms with van der Waals surface area (Å²) >= 11 is 0. The van der Waals surface area contributed by atoms with E-state index < -0.39 is 5.54 Å². The van der Waals surface area contributed by atoms with Crippen molar-refractivity contribution in [2.75, 3.05) is 6.54 Å². The van der Waals surface area contributed by atoms with E-state index in [1.165, 1.54) is 0 Å². The molecule has 0 aromatic rings. The van der Waals surface area contributed by atoms with Gasteiger partial charge in [-0.1, -0.05) is 6.92 Å². The third kappa shape index (κ3) is 1.14. The van der Waals surface area contributed by atoms with Gasteiger partial charge in [-0.3, -0.25) is 4.79 Å². The Morgan fingerprint density at radius 3 is 2.90 bits per heavy atom. The van der Waals surface area contributed by atoms with Crippen LogP contribution in [-0.4, -0.2) is 18.0 Å². The average Bonchev–Trinajstić information content (AvgIpc) is 1.96. The van der Waals surface area contributed by atoms with Crippen LogP contribution in [0, 0.1) is 0 Å². The van der Waals surface area contributed by atoms with Gasteiger partial charge in [0, 0.05) is 6.54 Å². The number of hydrogen-bond acceptors (Lipinski definition) is 2. The highest BCUT2D eigenvalue weighted by Crippen LogP contribution is 2.17. The van der Waals surface area contributed by atoms with Crippen LogP contribution in [0.25, 0.3) is 0 Å². The van der Waals surface area contributed by atoms with E-state index in [0.29, 0.717) is 0 Å². The predicted molar refractivity (Wildman–Crippen MR) is 39.5 cm³/mol. The number of amides is 1. The molecular weight excluding hydrogens is 128 g/mol. The first kappa shape index (κ1) is 7.54. The molecule has 1 atom stereocenters. The Bertz CT molecular complexity index is 147. The third-order valence-corrected chi connectivity index (χ3v) is 2.17. The molecule has 0 aromatic heterocycles. The fourth-order valence-corrected chi connectivity index (χ4v) is 1.23. The van der Waals surface area contributed by atoms with Crippen LogP contribution in [0.15, 0.2) is 0 Å². The van der Waals surface area contributed by atoms with Crippen molar-refractivity contribution in [1.82, 2.24) is 5.32 Å². The number of rotatable bonds is 1. The molecule has 0 radical (unpaired) electrons. The lowest BCUT2D eigenvalue weighted by molar-refractivity contribution is -0.128. The van der Waals surface area contributed by atoms with Crippen molar-refractivity contribution in [3.8, 4) is 0 Å². The lowest BCUT2D eigenvalue weighted by atomic mass is 9.88. The molecular formula is C7H14N2O. The molecule has 3 N–H and O–H groups in total. The Balaban J connectivity index is 2.63. The van der Waals surface area contributed by atoms with E-state index in [2.05, 4.69) is 5.32 Å². The quantitative estimate of drug-likeness (QED) is 0.541. The molecule has 10 heavy (non-hydrogen) atoms. The van der Waals surface area contributed by atoms with Crippen LogP contribution in [0.3, 0.4) is 0 Å². The van der Waals surface area contributed by atoms with Crippen LogP contribution in [0.5, 0.6) is 0 Å². The van der Waals surface area contributed by atoms with E-state index in [1.807, 2.05) is 6.92 Å². The number of nitrogens with two attached hydrogens (primary N) is 1. The van der Waals surface area contributed by atoms with Crippen molar-refractivity contribution in [2.45, 2.75) is 31.7 Å². The maximum absolute atomic E-state index is 11.1. The number of carbonyl (C=O) groups is 1. The van der Waals surface area contributed by atoms with Gasteiger partial charge in [-0.15, -0.1) is 0 Å². The molecule has 1 amide bonds. The molecule has 0 bridgehead atoms. The van der Waals surface area contributed by atoms with Gasteiger partial charge in [-0.05, 0) is 19.3 Å². The second-order valence-corrected chi connectivity index (χ2v) is 2.87. The molecule has 1 aliphatic rings. The zero-order chi connectivity index (χ0) is 7.61. The van der Waals surface area contributed by atoms with Gasteiger partial charge in [0.05, 0.1) is 5.54 Å². The first-order valence-electron chi connectivity index (χ1n) is 3.76. The largest absolute Gasteiger partial charge is 0.355 e. The van der Waals surface area contributed by atoms with Crippen molar-refractivity contribution in [3.63, 3.8) is 0 Å². The predicted octanol–water partition coefficient (Wildman–Crippen LogP) is 0.00390. The van der Waals surface area contributed by atoms with Gasteiger partial charge in [0.15, 0.2) is 0 Å². The second kappa shape index (κ2) is 2.58. The molecule has 3 heteroatoms. The standard InChI is InChI=1S/C7H14N2O/c1-2-7(8)4-3-5-9-6(7)10/h2-5,8H2,1H3,(H,9,10)/t7-/m1/s1. The van der Waals surface area contributed by atoms with Crippen LogP contribution < -0.4 is 11.1 Å². The minimum absolute atomic E-state index is 0.0150. The number of hydrogen-bond donors (Lipinski definition) is 2. The minimum atomic E-state index is -0.571. The lowest BCUT2D eigenvalue weighted by Crippen LogP contribution is -2.57. The van der Waals surface area contributed by atoms with Gasteiger partial charge in [-0.25, -0.2) is 0 Å². The van der Waals surface area contributed by atoms with Crippen LogP contribution in [-0.2, 0) is 4.79 Å². The molecule has 3 nitrogen and oxygen atoms in total. The van der Waals surface area contributed by atoms with Crippen molar-refractivity contribution < 1.29 is 4.79 Å². The SMILES string of the molecule is CC[C@@]1(N)CCCNC1=O. The van der Waals surface area contributed by atoms with Crippen LogP contribution in [0.2, 0.25) is 0 Å². The summed E-state index contributed by atoms with van der Waals surface area (Å²) in [6.45, 7) is 2.74. The van der Waals surface area contributed by atoms with E-state index in [1.54, 1.807) is 0 Å². The molecule has 1 fully saturated rings. The van der Waals surface area contributed by atoms with Gasteiger partial charge in [0.25, 0.3) is 0 Å². The normalized spacial score (nSPS) is 33.6. The number of carbonyl (C=O) groups excluding carboxylic acids is 1. The third-order valence-electron chi connectivity index (χ3n) is 2.17. The molecule has 1 rings (SSSR count). The van der Waals surface area contributed by atoms with Crippen molar-refractivity contribution in [1.29, 1.82) is 0 Å². The second-order valence-electron chi connectivity index (χ2n) is 2.87. The van der Waals surface area contributed by atoms with E-state index in [0.717, 1.165) is 25.8 Å². The number of nitrogens with one attached hydrogen (secondary N) is 1. The van der Waals surface area contributed by atoms with Crippen molar-refractivity contribution >= 4 is 5.91 Å². The number of piperidine rings is 1. The molecule has 0 saturated carbocycles. The van der Waals surface area contributed by atoms with Gasteiger partial charge >= 0.3 is 0 Å². The Morgan fingerprint density at radius 2 is 2.50 bits per heavy atom. The molecule has 58 valence electrons. The summed E-state index contributed by atoms with van der Waals surface area (Å²) in [5.74, 6) is 0.0150. The lowest BCUT2D eigenvalue weighted by Gasteiger charge is -2.30. The molecule has 1 aliphatic heterocycles. The van der Waals surface area contributed by atoms with E-state index >= 15 is 0 Å². The Morgan fingerprint density at radius 1 is 1.80 bits per heavy atom. The maximum atomic E-state index is 11.1. The maximum Gasteiger partial charge on any atom is 0.240 e. The highest BCUT2D eigenvalue weighted by molar-refractivity contribution is 5.86. The molecule has 1 saturated heterocycles. The Labute approximate surface area is 61.0 Å². The topological polar surface area (TPSA) is 55.1 Å². The summed E-state index contributed by atoms with van der Waals surface area (Å²) in [5, 5.41) is 2.76. The zero-order valence-electron chi connectivity index (χ0n) is 6.31. The Kier molecular flexibility index (Phi) is 1.94. The highest BCUT2D eigenvalue weighted by atomic mass is 16.2. The summed E-state index contributed by atoms with van der Waals surface area (Å²) in [6, 6.07) is 0. The van der Waals surface area contributed by atoms with E-state index in [9.17, 15) is 4.79 Å². The summed E-state index contributed by atoms with van der Waals surface area (Å²) in [7, 11) is 0. The fraction of sp³-hybridized carbons (Fsp3) is 0.857. The zero-order valence-corrected chi connectivity index (χ0v) is 6.31. The summed E-state index contributed by atoms with van der Waals surface area (Å²) < 4.78 is 0.